The molecule has 1 aliphatic rings. The summed E-state index contributed by atoms with van der Waals surface area (Å²) in [5, 5.41) is 4.90. The lowest BCUT2D eigenvalue weighted by molar-refractivity contribution is -0.124. The van der Waals surface area contributed by atoms with Crippen LogP contribution in [-0.2, 0) is 4.79 Å². The molecular weight excluding hydrogens is 274 g/mol. The lowest BCUT2D eigenvalue weighted by Gasteiger charge is -2.20. The van der Waals surface area contributed by atoms with Crippen LogP contribution in [0.4, 0.5) is 0 Å². The molecule has 0 radical (unpaired) electrons. The van der Waals surface area contributed by atoms with Gasteiger partial charge in [0.15, 0.2) is 0 Å². The van der Waals surface area contributed by atoms with E-state index < -0.39 is 0 Å². The van der Waals surface area contributed by atoms with E-state index in [1.807, 2.05) is 42.6 Å². The van der Waals surface area contributed by atoms with Gasteiger partial charge in [0.05, 0.1) is 17.2 Å². The molecule has 2 aromatic rings. The van der Waals surface area contributed by atoms with Crippen molar-refractivity contribution >= 4 is 18.3 Å². The molecule has 1 saturated carbocycles. The van der Waals surface area contributed by atoms with Crippen LogP contribution in [0, 0.1) is 5.92 Å². The second-order valence-electron chi connectivity index (χ2n) is 4.74. The first-order chi connectivity index (χ1) is 9.33. The maximum Gasteiger partial charge on any atom is 0.249 e. The van der Waals surface area contributed by atoms with Gasteiger partial charge in [-0.1, -0.05) is 24.6 Å². The number of rotatable bonds is 2. The Hall–Kier alpha value is -1.94. The van der Waals surface area contributed by atoms with E-state index in [9.17, 15) is 4.79 Å². The minimum atomic E-state index is -0.00879. The summed E-state index contributed by atoms with van der Waals surface area (Å²) in [5.41, 5.74) is 0.986. The first kappa shape index (κ1) is 14.5. The third-order valence-corrected chi connectivity index (χ3v) is 3.42. The highest BCUT2D eigenvalue weighted by Crippen LogP contribution is 2.27. The molecule has 3 rings (SSSR count). The summed E-state index contributed by atoms with van der Waals surface area (Å²) in [6.45, 7) is 0. The minimum Gasteiger partial charge on any atom is -0.272 e. The lowest BCUT2D eigenvalue weighted by atomic mass is 9.85. The summed E-state index contributed by atoms with van der Waals surface area (Å²) in [5.74, 6) is 0.131. The van der Waals surface area contributed by atoms with E-state index in [0.717, 1.165) is 24.9 Å². The van der Waals surface area contributed by atoms with Gasteiger partial charge >= 0.3 is 0 Å². The van der Waals surface area contributed by atoms with Crippen LogP contribution in [0.15, 0.2) is 53.8 Å². The van der Waals surface area contributed by atoms with Gasteiger partial charge in [0.1, 0.15) is 0 Å². The van der Waals surface area contributed by atoms with E-state index in [4.69, 9.17) is 0 Å². The zero-order valence-corrected chi connectivity index (χ0v) is 11.8. The van der Waals surface area contributed by atoms with Crippen LogP contribution in [0.1, 0.15) is 19.3 Å². The van der Waals surface area contributed by atoms with Crippen LogP contribution in [0.25, 0.3) is 5.69 Å². The Morgan fingerprint density at radius 3 is 2.50 bits per heavy atom. The number of amides is 1. The van der Waals surface area contributed by atoms with Gasteiger partial charge < -0.3 is 0 Å². The Labute approximate surface area is 123 Å². The Balaban J connectivity index is 0.00000147. The molecule has 1 amide bonds. The molecule has 20 heavy (non-hydrogen) atoms. The summed E-state index contributed by atoms with van der Waals surface area (Å²) in [6.07, 6.45) is 6.55. The van der Waals surface area contributed by atoms with Crippen molar-refractivity contribution in [1.82, 2.24) is 9.78 Å². The van der Waals surface area contributed by atoms with Crippen LogP contribution in [-0.4, -0.2) is 15.7 Å². The number of hydrogen-bond donors (Lipinski definition) is 0. The highest BCUT2D eigenvalue weighted by molar-refractivity contribution is 5.85. The van der Waals surface area contributed by atoms with Crippen molar-refractivity contribution in [2.75, 3.05) is 0 Å². The average Bonchev–Trinajstić information content (AvgIpc) is 2.38. The van der Waals surface area contributed by atoms with Crippen molar-refractivity contribution in [3.05, 3.63) is 54.1 Å². The number of para-hydroxylation sites is 1. The van der Waals surface area contributed by atoms with E-state index in [0.29, 0.717) is 5.36 Å². The first-order valence-electron chi connectivity index (χ1n) is 6.52. The van der Waals surface area contributed by atoms with Gasteiger partial charge in [-0.25, -0.2) is 9.67 Å². The number of benzene rings is 1. The van der Waals surface area contributed by atoms with E-state index in [1.165, 1.54) is 0 Å². The number of aromatic nitrogens is 2. The van der Waals surface area contributed by atoms with Crippen LogP contribution in [0.5, 0.6) is 0 Å². The Morgan fingerprint density at radius 1 is 1.20 bits per heavy atom. The first-order valence-corrected chi connectivity index (χ1v) is 6.52. The fourth-order valence-electron chi connectivity index (χ4n) is 2.02. The average molecular weight is 290 g/mol. The SMILES string of the molecule is Cl.O=C(/N=c1\ccn(-c2ccccc2)nc1)C1CCC1. The summed E-state index contributed by atoms with van der Waals surface area (Å²) in [6, 6.07) is 11.7. The molecule has 0 aliphatic heterocycles. The lowest BCUT2D eigenvalue weighted by Crippen LogP contribution is -2.22. The minimum absolute atomic E-state index is 0. The van der Waals surface area contributed by atoms with Gasteiger partial charge in [-0.2, -0.15) is 5.10 Å². The molecule has 5 heteroatoms. The van der Waals surface area contributed by atoms with E-state index in [-0.39, 0.29) is 24.2 Å². The number of halogens is 1. The third-order valence-electron chi connectivity index (χ3n) is 3.42. The predicted molar refractivity (Wildman–Crippen MR) is 78.7 cm³/mol. The van der Waals surface area contributed by atoms with Crippen molar-refractivity contribution in [2.24, 2.45) is 10.9 Å². The Bertz CT molecular complexity index is 627. The van der Waals surface area contributed by atoms with Gasteiger partial charge in [-0.3, -0.25) is 4.79 Å². The zero-order chi connectivity index (χ0) is 13.1. The van der Waals surface area contributed by atoms with Gasteiger partial charge in [0.25, 0.3) is 0 Å². The zero-order valence-electron chi connectivity index (χ0n) is 11.0. The molecule has 4 nitrogen and oxygen atoms in total. The number of nitrogens with zero attached hydrogens (tertiary/aromatic N) is 3. The van der Waals surface area contributed by atoms with Crippen LogP contribution >= 0.6 is 12.4 Å². The summed E-state index contributed by atoms with van der Waals surface area (Å²) >= 11 is 0. The van der Waals surface area contributed by atoms with Crippen molar-refractivity contribution in [2.45, 2.75) is 19.3 Å². The molecule has 104 valence electrons. The molecular formula is C15H16ClN3O. The molecule has 1 aromatic heterocycles. The molecule has 0 unspecified atom stereocenters. The highest BCUT2D eigenvalue weighted by Gasteiger charge is 2.24. The Morgan fingerprint density at radius 2 is 1.95 bits per heavy atom. The number of hydrogen-bond acceptors (Lipinski definition) is 2. The number of carbonyl (C=O) groups is 1. The summed E-state index contributed by atoms with van der Waals surface area (Å²) < 4.78 is 1.76. The molecule has 1 aromatic carbocycles. The molecule has 0 bridgehead atoms. The molecule has 1 fully saturated rings. The van der Waals surface area contributed by atoms with Crippen molar-refractivity contribution in [3.63, 3.8) is 0 Å². The largest absolute Gasteiger partial charge is 0.272 e. The summed E-state index contributed by atoms with van der Waals surface area (Å²) in [4.78, 5) is 15.8. The second kappa shape index (κ2) is 6.48. The van der Waals surface area contributed by atoms with E-state index in [1.54, 1.807) is 10.9 Å². The van der Waals surface area contributed by atoms with Crippen LogP contribution < -0.4 is 5.36 Å². The molecule has 1 aliphatic carbocycles. The van der Waals surface area contributed by atoms with Crippen LogP contribution in [0.3, 0.4) is 0 Å². The van der Waals surface area contributed by atoms with Gasteiger partial charge in [0, 0.05) is 12.1 Å². The number of carbonyl (C=O) groups excluding carboxylic acids is 1. The highest BCUT2D eigenvalue weighted by atomic mass is 35.5. The normalized spacial score (nSPS) is 15.3. The molecule has 1 heterocycles. The molecule has 0 N–H and O–H groups in total. The summed E-state index contributed by atoms with van der Waals surface area (Å²) in [7, 11) is 0. The quantitative estimate of drug-likeness (QED) is 0.853. The van der Waals surface area contributed by atoms with Crippen molar-refractivity contribution in [3.8, 4) is 5.69 Å². The topological polar surface area (TPSA) is 47.2 Å². The molecule has 0 spiro atoms. The van der Waals surface area contributed by atoms with E-state index in [2.05, 4.69) is 10.1 Å². The molecule has 0 atom stereocenters. The monoisotopic (exact) mass is 289 g/mol. The van der Waals surface area contributed by atoms with Gasteiger partial charge in [0.2, 0.25) is 5.91 Å². The fourth-order valence-corrected chi connectivity index (χ4v) is 2.02. The standard InChI is InChI=1S/C15H15N3O.ClH/c19-15(12-5-4-6-12)17-13-9-10-18(16-11-13)14-7-2-1-3-8-14;/h1-3,7-12H,4-6H2;1H/b17-13+;. The smallest absolute Gasteiger partial charge is 0.249 e. The Kier molecular flexibility index (Phi) is 4.69. The predicted octanol–water partition coefficient (Wildman–Crippen LogP) is 2.52. The van der Waals surface area contributed by atoms with E-state index >= 15 is 0 Å². The third kappa shape index (κ3) is 3.14. The van der Waals surface area contributed by atoms with Crippen molar-refractivity contribution < 1.29 is 4.79 Å². The molecule has 0 saturated heterocycles. The fraction of sp³-hybridized carbons (Fsp3) is 0.267. The van der Waals surface area contributed by atoms with Crippen molar-refractivity contribution in [1.29, 1.82) is 0 Å². The van der Waals surface area contributed by atoms with Gasteiger partial charge in [-0.05, 0) is 31.0 Å². The van der Waals surface area contributed by atoms with Crippen LogP contribution in [0.2, 0.25) is 0 Å². The van der Waals surface area contributed by atoms with Gasteiger partial charge in [-0.15, -0.1) is 12.4 Å². The maximum atomic E-state index is 11.7. The second-order valence-corrected chi connectivity index (χ2v) is 4.74. The maximum absolute atomic E-state index is 11.7.